The highest BCUT2D eigenvalue weighted by molar-refractivity contribution is 8.32. The maximum Gasteiger partial charge on any atom is 0.132 e. The van der Waals surface area contributed by atoms with Gasteiger partial charge in [0.1, 0.15) is 9.16 Å². The van der Waals surface area contributed by atoms with Gasteiger partial charge in [0.2, 0.25) is 0 Å². The SMILES string of the molecule is COc1ccc(C2(SC)SCCCS2)cc1. The van der Waals surface area contributed by atoms with Gasteiger partial charge in [-0.2, -0.15) is 0 Å². The van der Waals surface area contributed by atoms with E-state index in [2.05, 4.69) is 54.0 Å². The molecule has 1 nitrogen and oxygen atoms in total. The van der Waals surface area contributed by atoms with Crippen LogP contribution in [0.4, 0.5) is 0 Å². The molecule has 0 aliphatic carbocycles. The quantitative estimate of drug-likeness (QED) is 0.821. The average Bonchev–Trinajstić information content (AvgIpc) is 2.39. The summed E-state index contributed by atoms with van der Waals surface area (Å²) in [4.78, 5) is 0. The zero-order valence-corrected chi connectivity index (χ0v) is 12.0. The molecular formula is C12H16OS3. The van der Waals surface area contributed by atoms with Crippen LogP contribution in [0.2, 0.25) is 0 Å². The molecule has 0 amide bonds. The van der Waals surface area contributed by atoms with E-state index < -0.39 is 0 Å². The van der Waals surface area contributed by atoms with Gasteiger partial charge in [0.05, 0.1) is 7.11 Å². The van der Waals surface area contributed by atoms with Crippen LogP contribution in [-0.2, 0) is 3.41 Å². The van der Waals surface area contributed by atoms with Crippen LogP contribution < -0.4 is 4.74 Å². The lowest BCUT2D eigenvalue weighted by Crippen LogP contribution is -2.18. The van der Waals surface area contributed by atoms with Crippen LogP contribution in [0.15, 0.2) is 24.3 Å². The molecular weight excluding hydrogens is 256 g/mol. The number of benzene rings is 1. The Morgan fingerprint density at radius 1 is 1.19 bits per heavy atom. The van der Waals surface area contributed by atoms with Crippen LogP contribution >= 0.6 is 35.3 Å². The number of methoxy groups -OCH3 is 1. The molecule has 1 aliphatic rings. The van der Waals surface area contributed by atoms with E-state index in [-0.39, 0.29) is 3.41 Å². The Morgan fingerprint density at radius 2 is 1.81 bits per heavy atom. The molecule has 1 aromatic rings. The maximum absolute atomic E-state index is 5.20. The molecule has 1 heterocycles. The molecule has 0 spiro atoms. The Balaban J connectivity index is 2.24. The summed E-state index contributed by atoms with van der Waals surface area (Å²) >= 11 is 6.07. The fourth-order valence-corrected chi connectivity index (χ4v) is 6.26. The summed E-state index contributed by atoms with van der Waals surface area (Å²) in [6.07, 6.45) is 3.53. The molecule has 88 valence electrons. The van der Waals surface area contributed by atoms with Gasteiger partial charge in [-0.3, -0.25) is 0 Å². The molecule has 1 fully saturated rings. The van der Waals surface area contributed by atoms with Crippen LogP contribution in [0.3, 0.4) is 0 Å². The molecule has 1 saturated heterocycles. The molecule has 1 aliphatic heterocycles. The highest BCUT2D eigenvalue weighted by atomic mass is 32.3. The predicted octanol–water partition coefficient (Wildman–Crippen LogP) is 4.04. The van der Waals surface area contributed by atoms with Crippen molar-refractivity contribution in [3.05, 3.63) is 29.8 Å². The number of thioether (sulfide) groups is 3. The maximum atomic E-state index is 5.20. The van der Waals surface area contributed by atoms with Crippen molar-refractivity contribution >= 4 is 35.3 Å². The van der Waals surface area contributed by atoms with Gasteiger partial charge >= 0.3 is 0 Å². The number of hydrogen-bond donors (Lipinski definition) is 0. The van der Waals surface area contributed by atoms with E-state index in [0.29, 0.717) is 0 Å². The van der Waals surface area contributed by atoms with Crippen molar-refractivity contribution in [2.24, 2.45) is 0 Å². The van der Waals surface area contributed by atoms with Gasteiger partial charge in [0.25, 0.3) is 0 Å². The normalized spacial score (nSPS) is 19.4. The third-order valence-corrected chi connectivity index (χ3v) is 7.99. The van der Waals surface area contributed by atoms with Gasteiger partial charge in [-0.1, -0.05) is 12.1 Å². The number of hydrogen-bond acceptors (Lipinski definition) is 4. The minimum atomic E-state index is 0.199. The van der Waals surface area contributed by atoms with Crippen LogP contribution in [0.5, 0.6) is 5.75 Å². The summed E-state index contributed by atoms with van der Waals surface area (Å²) in [5.74, 6) is 3.46. The lowest BCUT2D eigenvalue weighted by atomic mass is 10.2. The zero-order chi connectivity index (χ0) is 11.4. The third kappa shape index (κ3) is 2.49. The fraction of sp³-hybridized carbons (Fsp3) is 0.500. The molecule has 1 aromatic carbocycles. The van der Waals surface area contributed by atoms with E-state index in [9.17, 15) is 0 Å². The van der Waals surface area contributed by atoms with E-state index in [1.807, 2.05) is 11.8 Å². The second kappa shape index (κ2) is 5.61. The van der Waals surface area contributed by atoms with Crippen molar-refractivity contribution in [2.45, 2.75) is 9.83 Å². The Morgan fingerprint density at radius 3 is 2.31 bits per heavy atom. The highest BCUT2D eigenvalue weighted by Gasteiger charge is 2.34. The second-order valence-electron chi connectivity index (χ2n) is 3.54. The molecule has 0 radical (unpaired) electrons. The molecule has 4 heteroatoms. The fourth-order valence-electron chi connectivity index (χ4n) is 1.71. The van der Waals surface area contributed by atoms with E-state index in [0.717, 1.165) is 5.75 Å². The summed E-state index contributed by atoms with van der Waals surface area (Å²) < 4.78 is 5.40. The van der Waals surface area contributed by atoms with Gasteiger partial charge in [0, 0.05) is 0 Å². The molecule has 0 atom stereocenters. The monoisotopic (exact) mass is 272 g/mol. The minimum Gasteiger partial charge on any atom is -0.497 e. The summed E-state index contributed by atoms with van der Waals surface area (Å²) in [6.45, 7) is 0. The Hall–Kier alpha value is 0.0700. The Kier molecular flexibility index (Phi) is 4.39. The van der Waals surface area contributed by atoms with E-state index >= 15 is 0 Å². The lowest BCUT2D eigenvalue weighted by Gasteiger charge is -2.34. The third-order valence-electron chi connectivity index (χ3n) is 2.59. The molecule has 0 aromatic heterocycles. The molecule has 0 N–H and O–H groups in total. The van der Waals surface area contributed by atoms with Crippen LogP contribution in [0.1, 0.15) is 12.0 Å². The van der Waals surface area contributed by atoms with Gasteiger partial charge < -0.3 is 4.74 Å². The standard InChI is InChI=1S/C12H16OS3/c1-13-11-6-4-10(5-7-11)12(14-2)15-8-3-9-16-12/h4-7H,3,8-9H2,1-2H3. The first-order valence-electron chi connectivity index (χ1n) is 5.28. The van der Waals surface area contributed by atoms with Crippen molar-refractivity contribution in [3.8, 4) is 5.75 Å². The zero-order valence-electron chi connectivity index (χ0n) is 9.56. The summed E-state index contributed by atoms with van der Waals surface area (Å²) in [5.41, 5.74) is 1.40. The van der Waals surface area contributed by atoms with Crippen LogP contribution in [-0.4, -0.2) is 24.9 Å². The predicted molar refractivity (Wildman–Crippen MR) is 77.7 cm³/mol. The van der Waals surface area contributed by atoms with Gasteiger partial charge in [-0.25, -0.2) is 0 Å². The van der Waals surface area contributed by atoms with Crippen molar-refractivity contribution in [2.75, 3.05) is 24.9 Å². The van der Waals surface area contributed by atoms with Crippen molar-refractivity contribution in [3.63, 3.8) is 0 Å². The first-order valence-corrected chi connectivity index (χ1v) is 8.48. The molecule has 0 saturated carbocycles. The first-order chi connectivity index (χ1) is 7.80. The molecule has 0 bridgehead atoms. The summed E-state index contributed by atoms with van der Waals surface area (Å²) in [5, 5.41) is 0. The number of ether oxygens (including phenoxy) is 1. The smallest absolute Gasteiger partial charge is 0.132 e. The van der Waals surface area contributed by atoms with Crippen molar-refractivity contribution < 1.29 is 4.74 Å². The van der Waals surface area contributed by atoms with E-state index in [1.54, 1.807) is 7.11 Å². The lowest BCUT2D eigenvalue weighted by molar-refractivity contribution is 0.414. The van der Waals surface area contributed by atoms with Gasteiger partial charge in [-0.05, 0) is 41.9 Å². The van der Waals surface area contributed by atoms with Gasteiger partial charge in [0.15, 0.2) is 0 Å². The molecule has 16 heavy (non-hydrogen) atoms. The largest absolute Gasteiger partial charge is 0.497 e. The van der Waals surface area contributed by atoms with E-state index in [4.69, 9.17) is 4.74 Å². The van der Waals surface area contributed by atoms with E-state index in [1.165, 1.54) is 23.5 Å². The molecule has 0 unspecified atom stereocenters. The van der Waals surface area contributed by atoms with Crippen molar-refractivity contribution in [1.29, 1.82) is 0 Å². The Bertz CT molecular complexity index is 331. The summed E-state index contributed by atoms with van der Waals surface area (Å²) in [7, 11) is 1.71. The van der Waals surface area contributed by atoms with Crippen LogP contribution in [0, 0.1) is 0 Å². The number of rotatable bonds is 3. The average molecular weight is 272 g/mol. The Labute approximate surface area is 110 Å². The minimum absolute atomic E-state index is 0.199. The second-order valence-corrected chi connectivity index (χ2v) is 7.95. The van der Waals surface area contributed by atoms with Crippen LogP contribution in [0.25, 0.3) is 0 Å². The topological polar surface area (TPSA) is 9.23 Å². The molecule has 2 rings (SSSR count). The van der Waals surface area contributed by atoms with Gasteiger partial charge in [-0.15, -0.1) is 35.3 Å². The summed E-state index contributed by atoms with van der Waals surface area (Å²) in [6, 6.07) is 8.51. The highest BCUT2D eigenvalue weighted by Crippen LogP contribution is 2.56. The first kappa shape index (κ1) is 12.5. The van der Waals surface area contributed by atoms with Crippen molar-refractivity contribution in [1.82, 2.24) is 0 Å².